The minimum Gasteiger partial charge on any atom is -0.497 e. The number of ether oxygens (including phenoxy) is 1. The van der Waals surface area contributed by atoms with Crippen LogP contribution in [0.4, 0.5) is 0 Å². The maximum Gasteiger partial charge on any atom is 0.119 e. The monoisotopic (exact) mass is 369 g/mol. The Kier molecular flexibility index (Phi) is 3.59. The van der Waals surface area contributed by atoms with Gasteiger partial charge in [-0.15, -0.1) is 0 Å². The summed E-state index contributed by atoms with van der Waals surface area (Å²) in [4.78, 5) is 3.32. The van der Waals surface area contributed by atoms with E-state index in [1.165, 1.54) is 5.56 Å². The van der Waals surface area contributed by atoms with Crippen molar-refractivity contribution in [2.75, 3.05) is 7.11 Å². The molecule has 0 saturated heterocycles. The highest BCUT2D eigenvalue weighted by Gasteiger charge is 2.20. The lowest BCUT2D eigenvalue weighted by molar-refractivity contribution is 0.415. The van der Waals surface area contributed by atoms with E-state index in [0.29, 0.717) is 0 Å². The van der Waals surface area contributed by atoms with Gasteiger partial charge in [-0.1, -0.05) is 28.1 Å². The Morgan fingerprint density at radius 1 is 1.09 bits per heavy atom. The van der Waals surface area contributed by atoms with Crippen LogP contribution in [-0.4, -0.2) is 12.1 Å². The molecule has 4 nitrogen and oxygen atoms in total. The van der Waals surface area contributed by atoms with E-state index in [0.717, 1.165) is 32.4 Å². The molecule has 5 heteroatoms. The molecule has 1 aliphatic heterocycles. The Labute approximate surface area is 142 Å². The molecular formula is C18H16BrN3O. The zero-order valence-corrected chi connectivity index (χ0v) is 14.1. The van der Waals surface area contributed by atoms with Gasteiger partial charge in [0.2, 0.25) is 0 Å². The van der Waals surface area contributed by atoms with Crippen LogP contribution in [0.15, 0.2) is 59.2 Å². The van der Waals surface area contributed by atoms with E-state index in [4.69, 9.17) is 4.74 Å². The highest BCUT2D eigenvalue weighted by molar-refractivity contribution is 9.10. The largest absolute Gasteiger partial charge is 0.497 e. The molecule has 3 N–H and O–H groups in total. The lowest BCUT2D eigenvalue weighted by atomic mass is 10.0. The summed E-state index contributed by atoms with van der Waals surface area (Å²) in [6.07, 6.45) is 4.25. The number of halogens is 1. The van der Waals surface area contributed by atoms with E-state index in [9.17, 15) is 0 Å². The Morgan fingerprint density at radius 3 is 2.70 bits per heavy atom. The molecule has 1 aliphatic rings. The zero-order chi connectivity index (χ0) is 15.8. The predicted molar refractivity (Wildman–Crippen MR) is 96.0 cm³/mol. The van der Waals surface area contributed by atoms with Crippen molar-refractivity contribution in [3.63, 3.8) is 0 Å². The van der Waals surface area contributed by atoms with E-state index in [2.05, 4.69) is 56.0 Å². The third kappa shape index (κ3) is 2.62. The number of hydrazine groups is 1. The first-order chi connectivity index (χ1) is 11.2. The van der Waals surface area contributed by atoms with Crippen LogP contribution in [0.5, 0.6) is 5.75 Å². The first-order valence-electron chi connectivity index (χ1n) is 7.39. The van der Waals surface area contributed by atoms with Gasteiger partial charge in [-0.05, 0) is 42.0 Å². The molecule has 23 heavy (non-hydrogen) atoms. The van der Waals surface area contributed by atoms with Gasteiger partial charge in [0.1, 0.15) is 5.75 Å². The van der Waals surface area contributed by atoms with Crippen LogP contribution < -0.4 is 15.6 Å². The maximum absolute atomic E-state index is 5.34. The number of hydrogen-bond acceptors (Lipinski definition) is 3. The summed E-state index contributed by atoms with van der Waals surface area (Å²) in [6, 6.07) is 14.4. The first kappa shape index (κ1) is 14.4. The van der Waals surface area contributed by atoms with Crippen LogP contribution in [0.2, 0.25) is 0 Å². The standard InChI is InChI=1S/C18H16BrN3O/c1-23-13-6-7-16-14(8-13)15(10-20-16)18-9-17(21-22-18)11-2-4-12(19)5-3-11/h2-10,18,20-22H,1H3/t18-/m1/s1. The van der Waals surface area contributed by atoms with Gasteiger partial charge in [0, 0.05) is 27.1 Å². The van der Waals surface area contributed by atoms with Gasteiger partial charge in [0.05, 0.1) is 18.8 Å². The Hall–Kier alpha value is -2.24. The molecule has 0 saturated carbocycles. The van der Waals surface area contributed by atoms with Crippen LogP contribution in [0.3, 0.4) is 0 Å². The molecular weight excluding hydrogens is 354 g/mol. The number of methoxy groups -OCH3 is 1. The molecule has 1 atom stereocenters. The van der Waals surface area contributed by atoms with E-state index >= 15 is 0 Å². The summed E-state index contributed by atoms with van der Waals surface area (Å²) in [5.41, 5.74) is 11.1. The number of H-pyrrole nitrogens is 1. The second-order valence-corrected chi connectivity index (χ2v) is 6.41. The number of rotatable bonds is 3. The minimum atomic E-state index is 0.106. The Balaban J connectivity index is 1.70. The third-order valence-corrected chi connectivity index (χ3v) is 4.64. The molecule has 0 spiro atoms. The summed E-state index contributed by atoms with van der Waals surface area (Å²) < 4.78 is 6.42. The summed E-state index contributed by atoms with van der Waals surface area (Å²) in [7, 11) is 1.69. The molecule has 0 unspecified atom stereocenters. The van der Waals surface area contributed by atoms with Gasteiger partial charge in [-0.2, -0.15) is 0 Å². The van der Waals surface area contributed by atoms with Gasteiger partial charge in [0.15, 0.2) is 0 Å². The van der Waals surface area contributed by atoms with Crippen LogP contribution in [0, 0.1) is 0 Å². The highest BCUT2D eigenvalue weighted by Crippen LogP contribution is 2.31. The van der Waals surface area contributed by atoms with E-state index in [1.807, 2.05) is 30.5 Å². The van der Waals surface area contributed by atoms with Crippen molar-refractivity contribution in [3.8, 4) is 5.75 Å². The van der Waals surface area contributed by atoms with Gasteiger partial charge in [-0.3, -0.25) is 0 Å². The fourth-order valence-corrected chi connectivity index (χ4v) is 3.14. The summed E-state index contributed by atoms with van der Waals surface area (Å²) in [5, 5.41) is 1.16. The van der Waals surface area contributed by atoms with Crippen LogP contribution in [0.1, 0.15) is 17.2 Å². The lowest BCUT2D eigenvalue weighted by Crippen LogP contribution is -2.26. The smallest absolute Gasteiger partial charge is 0.119 e. The Bertz CT molecular complexity index is 883. The van der Waals surface area contributed by atoms with Crippen LogP contribution >= 0.6 is 15.9 Å². The molecule has 1 aromatic heterocycles. The Morgan fingerprint density at radius 2 is 1.91 bits per heavy atom. The van der Waals surface area contributed by atoms with Crippen LogP contribution in [-0.2, 0) is 0 Å². The lowest BCUT2D eigenvalue weighted by Gasteiger charge is -2.08. The van der Waals surface area contributed by atoms with Crippen LogP contribution in [0.25, 0.3) is 16.6 Å². The predicted octanol–water partition coefficient (Wildman–Crippen LogP) is 4.13. The second-order valence-electron chi connectivity index (χ2n) is 5.49. The fraction of sp³-hybridized carbons (Fsp3) is 0.111. The third-order valence-electron chi connectivity index (χ3n) is 4.11. The number of nitrogens with one attached hydrogen (secondary N) is 3. The molecule has 3 aromatic rings. The quantitative estimate of drug-likeness (QED) is 0.650. The van der Waals surface area contributed by atoms with Gasteiger partial charge >= 0.3 is 0 Å². The fourth-order valence-electron chi connectivity index (χ4n) is 2.88. The zero-order valence-electron chi connectivity index (χ0n) is 12.6. The highest BCUT2D eigenvalue weighted by atomic mass is 79.9. The topological polar surface area (TPSA) is 49.1 Å². The normalized spacial score (nSPS) is 17.1. The molecule has 2 aromatic carbocycles. The van der Waals surface area contributed by atoms with Crippen molar-refractivity contribution >= 4 is 32.5 Å². The summed E-state index contributed by atoms with van der Waals surface area (Å²) >= 11 is 3.47. The maximum atomic E-state index is 5.34. The number of benzene rings is 2. The number of aromatic amines is 1. The van der Waals surface area contributed by atoms with Gasteiger partial charge < -0.3 is 15.1 Å². The summed E-state index contributed by atoms with van der Waals surface area (Å²) in [6.45, 7) is 0. The van der Waals surface area contributed by atoms with E-state index < -0.39 is 0 Å². The second kappa shape index (κ2) is 5.76. The molecule has 0 fully saturated rings. The molecule has 0 radical (unpaired) electrons. The van der Waals surface area contributed by atoms with Gasteiger partial charge in [-0.25, -0.2) is 5.43 Å². The molecule has 0 bridgehead atoms. The average molecular weight is 370 g/mol. The summed E-state index contributed by atoms with van der Waals surface area (Å²) in [5.74, 6) is 0.862. The van der Waals surface area contributed by atoms with Gasteiger partial charge in [0.25, 0.3) is 0 Å². The van der Waals surface area contributed by atoms with Crippen molar-refractivity contribution in [2.45, 2.75) is 6.04 Å². The molecule has 0 amide bonds. The van der Waals surface area contributed by atoms with E-state index in [1.54, 1.807) is 7.11 Å². The molecule has 116 valence electrons. The van der Waals surface area contributed by atoms with Crippen molar-refractivity contribution in [1.82, 2.24) is 15.8 Å². The van der Waals surface area contributed by atoms with Crippen molar-refractivity contribution < 1.29 is 4.74 Å². The number of hydrogen-bond donors (Lipinski definition) is 3. The average Bonchev–Trinajstić information content (AvgIpc) is 3.21. The van der Waals surface area contributed by atoms with Crippen molar-refractivity contribution in [1.29, 1.82) is 0 Å². The van der Waals surface area contributed by atoms with Crippen molar-refractivity contribution in [3.05, 3.63) is 70.3 Å². The first-order valence-corrected chi connectivity index (χ1v) is 8.18. The number of aromatic nitrogens is 1. The minimum absolute atomic E-state index is 0.106. The molecule has 4 rings (SSSR count). The SMILES string of the molecule is COc1ccc2[nH]cc([C@H]3C=C(c4ccc(Br)cc4)NN3)c2c1. The molecule has 2 heterocycles. The van der Waals surface area contributed by atoms with E-state index in [-0.39, 0.29) is 6.04 Å². The van der Waals surface area contributed by atoms with Crippen molar-refractivity contribution in [2.24, 2.45) is 0 Å². The molecule has 0 aliphatic carbocycles. The number of fused-ring (bicyclic) bond motifs is 1.